The first kappa shape index (κ1) is 18.2. The maximum Gasteiger partial charge on any atom is 0.291 e. The number of sulfonamides is 1. The van der Waals surface area contributed by atoms with E-state index in [9.17, 15) is 17.2 Å². The lowest BCUT2D eigenvalue weighted by Crippen LogP contribution is -2.35. The molecular weight excluding hydrogens is 422 g/mol. The van der Waals surface area contributed by atoms with Gasteiger partial charge in [0.1, 0.15) is 16.1 Å². The molecule has 1 saturated carbocycles. The van der Waals surface area contributed by atoms with Gasteiger partial charge in [-0.05, 0) is 18.9 Å². The summed E-state index contributed by atoms with van der Waals surface area (Å²) in [5.41, 5.74) is -0.584. The minimum Gasteiger partial charge on any atom is -0.295 e. The molecule has 1 N–H and O–H groups in total. The van der Waals surface area contributed by atoms with Crippen molar-refractivity contribution >= 4 is 38.6 Å². The number of imidazole rings is 1. The highest BCUT2D eigenvalue weighted by molar-refractivity contribution is 7.89. The van der Waals surface area contributed by atoms with E-state index in [1.165, 1.54) is 22.9 Å². The quantitative estimate of drug-likeness (QED) is 0.665. The Balaban J connectivity index is 1.81. The van der Waals surface area contributed by atoms with Crippen molar-refractivity contribution in [1.29, 1.82) is 5.26 Å². The summed E-state index contributed by atoms with van der Waals surface area (Å²) in [7, 11) is -4.02. The molecule has 13 heteroatoms. The van der Waals surface area contributed by atoms with E-state index in [4.69, 9.17) is 16.9 Å². The molecule has 0 spiro atoms. The summed E-state index contributed by atoms with van der Waals surface area (Å²) >= 11 is 6.82. The van der Waals surface area contributed by atoms with Gasteiger partial charge < -0.3 is 0 Å². The third-order valence-electron chi connectivity index (χ3n) is 3.99. The Bertz CT molecular complexity index is 1200. The predicted molar refractivity (Wildman–Crippen MR) is 92.0 cm³/mol. The molecule has 140 valence electrons. The molecule has 0 saturated heterocycles. The zero-order valence-electron chi connectivity index (χ0n) is 13.2. The fourth-order valence-electron chi connectivity index (χ4n) is 2.43. The fourth-order valence-corrected chi connectivity index (χ4v) is 4.86. The number of alkyl halides is 2. The molecule has 4 rings (SSSR count). The summed E-state index contributed by atoms with van der Waals surface area (Å²) in [6, 6.07) is 3.16. The molecule has 0 amide bonds. The Morgan fingerprint density at radius 1 is 1.41 bits per heavy atom. The van der Waals surface area contributed by atoms with Gasteiger partial charge in [-0.25, -0.2) is 22.2 Å². The zero-order valence-corrected chi connectivity index (χ0v) is 15.6. The molecule has 0 aromatic carbocycles. The van der Waals surface area contributed by atoms with Crippen LogP contribution in [0.5, 0.6) is 0 Å². The smallest absolute Gasteiger partial charge is 0.291 e. The van der Waals surface area contributed by atoms with E-state index in [-0.39, 0.29) is 26.3 Å². The van der Waals surface area contributed by atoms with Crippen LogP contribution in [0.25, 0.3) is 16.3 Å². The van der Waals surface area contributed by atoms with E-state index in [0.29, 0.717) is 24.2 Å². The van der Waals surface area contributed by atoms with Crippen molar-refractivity contribution in [1.82, 2.24) is 24.3 Å². The van der Waals surface area contributed by atoms with E-state index in [2.05, 4.69) is 19.9 Å². The monoisotopic (exact) mass is 430 g/mol. The maximum absolute atomic E-state index is 12.8. The van der Waals surface area contributed by atoms with Crippen molar-refractivity contribution in [3.63, 3.8) is 0 Å². The average molecular weight is 431 g/mol. The summed E-state index contributed by atoms with van der Waals surface area (Å²) in [5, 5.41) is 16.0. The van der Waals surface area contributed by atoms with Crippen molar-refractivity contribution in [3.8, 4) is 16.8 Å². The number of nitrogens with zero attached hydrogens (tertiary/aromatic N) is 5. The van der Waals surface area contributed by atoms with Gasteiger partial charge in [-0.15, -0.1) is 10.2 Å². The molecule has 3 heterocycles. The van der Waals surface area contributed by atoms with Crippen LogP contribution in [0.3, 0.4) is 0 Å². The lowest BCUT2D eigenvalue weighted by molar-refractivity contribution is 0.150. The maximum atomic E-state index is 12.8. The fraction of sp³-hybridized carbons (Fsp3) is 0.286. The number of halogens is 3. The molecule has 0 radical (unpaired) electrons. The number of rotatable bonds is 5. The summed E-state index contributed by atoms with van der Waals surface area (Å²) in [6.45, 7) is 0. The van der Waals surface area contributed by atoms with Crippen LogP contribution in [0.4, 0.5) is 8.78 Å². The number of nitrogens with one attached hydrogen (secondary N) is 1. The SMILES string of the molecule is N#CC1(NS(=O)(=O)c2cc(Cl)c3ncc(-c4nnc(C(F)F)s4)n3c2)CC1. The minimum absolute atomic E-state index is 0.0459. The van der Waals surface area contributed by atoms with Gasteiger partial charge in [0.2, 0.25) is 10.0 Å². The molecule has 3 aromatic rings. The number of hydrogen-bond donors (Lipinski definition) is 1. The molecule has 0 atom stereocenters. The van der Waals surface area contributed by atoms with Gasteiger partial charge in [0.05, 0.1) is 17.3 Å². The van der Waals surface area contributed by atoms with Gasteiger partial charge in [0, 0.05) is 6.20 Å². The van der Waals surface area contributed by atoms with Crippen LogP contribution in [0.2, 0.25) is 5.02 Å². The second-order valence-corrected chi connectivity index (χ2v) is 9.01. The van der Waals surface area contributed by atoms with Crippen molar-refractivity contribution < 1.29 is 17.2 Å². The van der Waals surface area contributed by atoms with Crippen LogP contribution in [0.15, 0.2) is 23.4 Å². The Labute approximate surface area is 160 Å². The van der Waals surface area contributed by atoms with E-state index in [1.54, 1.807) is 0 Å². The largest absolute Gasteiger partial charge is 0.295 e. The Hall–Kier alpha value is -2.20. The van der Waals surface area contributed by atoms with Gasteiger partial charge in [-0.3, -0.25) is 4.40 Å². The molecule has 8 nitrogen and oxygen atoms in total. The molecule has 1 fully saturated rings. The molecule has 0 aliphatic heterocycles. The topological polar surface area (TPSA) is 113 Å². The van der Waals surface area contributed by atoms with Crippen molar-refractivity contribution in [2.45, 2.75) is 29.7 Å². The number of hydrogen-bond acceptors (Lipinski definition) is 7. The minimum atomic E-state index is -4.02. The van der Waals surface area contributed by atoms with Crippen LogP contribution in [0.1, 0.15) is 24.3 Å². The standard InChI is InChI=1S/C14H9ClF2N6O2S2/c15-8-3-7(27(24,25)22-14(6-18)1-2-14)5-23-9(4-19-11(8)23)12-20-21-13(26-12)10(16)17/h3-5,10,22H,1-2H2. The average Bonchev–Trinajstić information content (AvgIpc) is 3.03. The van der Waals surface area contributed by atoms with E-state index < -0.39 is 27.0 Å². The zero-order chi connectivity index (χ0) is 19.4. The first-order valence-electron chi connectivity index (χ1n) is 7.48. The number of nitriles is 1. The Kier molecular flexibility index (Phi) is 4.15. The van der Waals surface area contributed by atoms with Crippen LogP contribution >= 0.6 is 22.9 Å². The number of pyridine rings is 1. The van der Waals surface area contributed by atoms with Crippen molar-refractivity contribution in [2.75, 3.05) is 0 Å². The third kappa shape index (κ3) is 3.16. The van der Waals surface area contributed by atoms with Crippen LogP contribution in [0, 0.1) is 11.3 Å². The predicted octanol–water partition coefficient (Wildman–Crippen LogP) is 2.78. The molecular formula is C14H9ClF2N6O2S2. The molecule has 0 unspecified atom stereocenters. The summed E-state index contributed by atoms with van der Waals surface area (Å²) in [6.07, 6.45) is 0.688. The highest BCUT2D eigenvalue weighted by atomic mass is 35.5. The highest BCUT2D eigenvalue weighted by Gasteiger charge is 2.47. The van der Waals surface area contributed by atoms with Gasteiger partial charge in [-0.1, -0.05) is 22.9 Å². The normalized spacial score (nSPS) is 16.0. The molecule has 27 heavy (non-hydrogen) atoms. The number of fused-ring (bicyclic) bond motifs is 1. The van der Waals surface area contributed by atoms with Gasteiger partial charge >= 0.3 is 0 Å². The Morgan fingerprint density at radius 2 is 2.15 bits per heavy atom. The lowest BCUT2D eigenvalue weighted by Gasteiger charge is -2.11. The first-order chi connectivity index (χ1) is 12.7. The van der Waals surface area contributed by atoms with E-state index in [1.807, 2.05) is 6.07 Å². The van der Waals surface area contributed by atoms with Crippen LogP contribution in [-0.4, -0.2) is 33.5 Å². The van der Waals surface area contributed by atoms with Gasteiger partial charge in [0.25, 0.3) is 6.43 Å². The van der Waals surface area contributed by atoms with Crippen molar-refractivity contribution in [2.24, 2.45) is 0 Å². The van der Waals surface area contributed by atoms with Crippen LogP contribution < -0.4 is 4.72 Å². The molecule has 1 aliphatic carbocycles. The lowest BCUT2D eigenvalue weighted by atomic mass is 10.3. The van der Waals surface area contributed by atoms with E-state index in [0.717, 1.165) is 0 Å². The second kappa shape index (κ2) is 6.16. The Morgan fingerprint density at radius 3 is 2.74 bits per heavy atom. The summed E-state index contributed by atoms with van der Waals surface area (Å²) < 4.78 is 54.5. The highest BCUT2D eigenvalue weighted by Crippen LogP contribution is 2.37. The summed E-state index contributed by atoms with van der Waals surface area (Å²) in [4.78, 5) is 3.91. The second-order valence-electron chi connectivity index (χ2n) is 5.91. The molecule has 1 aliphatic rings. The molecule has 3 aromatic heterocycles. The van der Waals surface area contributed by atoms with Gasteiger partial charge in [-0.2, -0.15) is 9.98 Å². The first-order valence-corrected chi connectivity index (χ1v) is 10.2. The van der Waals surface area contributed by atoms with Gasteiger partial charge in [0.15, 0.2) is 15.7 Å². The number of aromatic nitrogens is 4. The summed E-state index contributed by atoms with van der Waals surface area (Å²) in [5.74, 6) is 0. The third-order valence-corrected chi connectivity index (χ3v) is 6.72. The molecule has 0 bridgehead atoms. The van der Waals surface area contributed by atoms with E-state index >= 15 is 0 Å². The van der Waals surface area contributed by atoms with Crippen molar-refractivity contribution in [3.05, 3.63) is 28.5 Å². The van der Waals surface area contributed by atoms with Crippen LogP contribution in [-0.2, 0) is 10.0 Å².